The van der Waals surface area contributed by atoms with E-state index in [1.807, 2.05) is 12.1 Å². The van der Waals surface area contributed by atoms with Crippen LogP contribution in [0.3, 0.4) is 0 Å². The van der Waals surface area contributed by atoms with E-state index in [0.717, 1.165) is 5.56 Å². The molecule has 4 rings (SSSR count). The number of furan rings is 1. The van der Waals surface area contributed by atoms with Gasteiger partial charge < -0.3 is 29.4 Å². The smallest absolute Gasteiger partial charge is 0.338 e. The number of hydrogen-bond donors (Lipinski definition) is 2. The number of aliphatic carboxylic acids is 1. The number of carbonyl (C=O) groups is 4. The maximum Gasteiger partial charge on any atom is 0.338 e. The molecule has 196 valence electrons. The number of carboxylic acid groups (broad SMARTS) is 1. The van der Waals surface area contributed by atoms with E-state index in [0.29, 0.717) is 17.2 Å². The predicted octanol–water partition coefficient (Wildman–Crippen LogP) is 1.60. The minimum absolute atomic E-state index is 0.0405. The van der Waals surface area contributed by atoms with Crippen LogP contribution in [0.25, 0.3) is 0 Å². The van der Waals surface area contributed by atoms with Crippen molar-refractivity contribution in [3.63, 3.8) is 0 Å². The summed E-state index contributed by atoms with van der Waals surface area (Å²) in [5.74, 6) is -1.05. The Morgan fingerprint density at radius 3 is 2.54 bits per heavy atom. The van der Waals surface area contributed by atoms with Crippen LogP contribution < -0.4 is 10.1 Å². The van der Waals surface area contributed by atoms with Gasteiger partial charge in [-0.25, -0.2) is 9.80 Å². The van der Waals surface area contributed by atoms with E-state index in [1.54, 1.807) is 38.3 Å². The van der Waals surface area contributed by atoms with Crippen molar-refractivity contribution in [3.05, 3.63) is 66.3 Å². The van der Waals surface area contributed by atoms with Gasteiger partial charge in [0.2, 0.25) is 11.8 Å². The summed E-state index contributed by atoms with van der Waals surface area (Å²) in [6.07, 6.45) is -0.0772. The number of ether oxygens (including phenoxy) is 1. The van der Waals surface area contributed by atoms with Crippen molar-refractivity contribution in [2.24, 2.45) is 0 Å². The Kier molecular flexibility index (Phi) is 7.37. The molecule has 12 nitrogen and oxygen atoms in total. The lowest BCUT2D eigenvalue weighted by atomic mass is 10.0. The largest absolute Gasteiger partial charge is 0.497 e. The molecule has 2 N–H and O–H groups in total. The predicted molar refractivity (Wildman–Crippen MR) is 129 cm³/mol. The van der Waals surface area contributed by atoms with E-state index in [4.69, 9.17) is 9.15 Å². The van der Waals surface area contributed by atoms with Crippen molar-refractivity contribution in [2.75, 3.05) is 20.2 Å². The number of hydrazine groups is 1. The van der Waals surface area contributed by atoms with E-state index in [2.05, 4.69) is 11.9 Å². The molecule has 2 aromatic rings. The normalized spacial score (nSPS) is 19.5. The van der Waals surface area contributed by atoms with Gasteiger partial charge in [0.1, 0.15) is 30.3 Å². The average Bonchev–Trinajstić information content (AvgIpc) is 3.38. The first-order valence-corrected chi connectivity index (χ1v) is 11.7. The Morgan fingerprint density at radius 1 is 1.22 bits per heavy atom. The second kappa shape index (κ2) is 10.6. The molecule has 2 atom stereocenters. The number of hydrogen-bond acceptors (Lipinski definition) is 7. The molecule has 12 heteroatoms. The van der Waals surface area contributed by atoms with Crippen LogP contribution in [0.1, 0.15) is 24.7 Å². The molecule has 2 fully saturated rings. The lowest BCUT2D eigenvalue weighted by Crippen LogP contribution is -2.76. The zero-order valence-electron chi connectivity index (χ0n) is 20.6. The molecule has 1 aromatic carbocycles. The Hall–Kier alpha value is -4.48. The summed E-state index contributed by atoms with van der Waals surface area (Å²) in [7, 11) is 1.56. The van der Waals surface area contributed by atoms with Gasteiger partial charge in [0.15, 0.2) is 0 Å². The van der Waals surface area contributed by atoms with Crippen LogP contribution in [0.2, 0.25) is 0 Å². The van der Waals surface area contributed by atoms with Crippen LogP contribution in [-0.4, -0.2) is 81.1 Å². The number of amides is 4. The highest BCUT2D eigenvalue weighted by Crippen LogP contribution is 2.30. The average molecular weight is 512 g/mol. The van der Waals surface area contributed by atoms with Crippen LogP contribution in [0.4, 0.5) is 4.79 Å². The van der Waals surface area contributed by atoms with Gasteiger partial charge >= 0.3 is 12.0 Å². The van der Waals surface area contributed by atoms with Gasteiger partial charge in [-0.3, -0.25) is 19.4 Å². The number of benzene rings is 1. The molecule has 0 radical (unpaired) electrons. The Bertz CT molecular complexity index is 1180. The van der Waals surface area contributed by atoms with Gasteiger partial charge in [-0.05, 0) is 36.8 Å². The lowest BCUT2D eigenvalue weighted by Gasteiger charge is -2.55. The second-order valence-electron chi connectivity index (χ2n) is 8.84. The molecule has 2 aliphatic rings. The fourth-order valence-corrected chi connectivity index (χ4v) is 4.54. The molecule has 2 saturated heterocycles. The second-order valence-corrected chi connectivity index (χ2v) is 8.84. The molecule has 0 aliphatic carbocycles. The molecular weight excluding hydrogens is 482 g/mol. The number of urea groups is 1. The molecule has 1 aromatic heterocycles. The molecule has 0 saturated carbocycles. The number of nitrogens with one attached hydrogen (secondary N) is 1. The summed E-state index contributed by atoms with van der Waals surface area (Å²) in [5.41, 5.74) is 1.26. The van der Waals surface area contributed by atoms with Crippen molar-refractivity contribution < 1.29 is 33.4 Å². The van der Waals surface area contributed by atoms with Gasteiger partial charge in [0.25, 0.3) is 0 Å². The minimum atomic E-state index is -1.28. The molecule has 0 spiro atoms. The monoisotopic (exact) mass is 511 g/mol. The number of allylic oxidation sites excluding steroid dienone is 1. The summed E-state index contributed by atoms with van der Waals surface area (Å²) in [6, 6.07) is 8.75. The van der Waals surface area contributed by atoms with Crippen molar-refractivity contribution in [2.45, 2.75) is 38.6 Å². The maximum absolute atomic E-state index is 13.5. The number of carbonyl (C=O) groups excluding carboxylic acids is 3. The van der Waals surface area contributed by atoms with Gasteiger partial charge in [-0.2, -0.15) is 0 Å². The molecule has 0 unspecified atom stereocenters. The topological polar surface area (TPSA) is 136 Å². The highest BCUT2D eigenvalue weighted by molar-refractivity contribution is 5.93. The van der Waals surface area contributed by atoms with Crippen molar-refractivity contribution in [3.8, 4) is 5.75 Å². The first-order valence-electron chi connectivity index (χ1n) is 11.7. The first kappa shape index (κ1) is 25.6. The van der Waals surface area contributed by atoms with Crippen LogP contribution in [0.15, 0.2) is 59.4 Å². The molecule has 4 amide bonds. The number of methoxy groups -OCH3 is 1. The number of carboxylic acids is 1. The van der Waals surface area contributed by atoms with Gasteiger partial charge in [0, 0.05) is 12.2 Å². The fourth-order valence-electron chi connectivity index (χ4n) is 4.54. The molecule has 0 bridgehead atoms. The number of rotatable bonds is 8. The standard InChI is InChI=1S/C25H29N5O7/c1-16(2)28-15-22(31)29-20(11-23(32)33)24(34)27(13-19-5-4-10-37-19)14-21(29)30(28)25(35)26-12-17-6-8-18(36-3)9-7-17/h4-10,20-21H,1,11-15H2,2-3H3,(H,26,35)(H,32,33)/t20-,21-/m0/s1. The van der Waals surface area contributed by atoms with Crippen molar-refractivity contribution in [1.29, 1.82) is 0 Å². The Labute approximate surface area is 213 Å². The Balaban J connectivity index is 1.64. The minimum Gasteiger partial charge on any atom is -0.497 e. The van der Waals surface area contributed by atoms with Gasteiger partial charge in [0.05, 0.1) is 32.9 Å². The van der Waals surface area contributed by atoms with E-state index < -0.39 is 42.4 Å². The highest BCUT2D eigenvalue weighted by atomic mass is 16.5. The maximum atomic E-state index is 13.5. The highest BCUT2D eigenvalue weighted by Gasteiger charge is 2.52. The lowest BCUT2D eigenvalue weighted by molar-refractivity contribution is -0.187. The fraction of sp³-hybridized carbons (Fsp3) is 0.360. The van der Waals surface area contributed by atoms with E-state index in [-0.39, 0.29) is 26.2 Å². The molecule has 37 heavy (non-hydrogen) atoms. The number of piperazine rings is 1. The molecule has 3 heterocycles. The number of fused-ring (bicyclic) bond motifs is 1. The van der Waals surface area contributed by atoms with Crippen LogP contribution in [-0.2, 0) is 27.5 Å². The Morgan fingerprint density at radius 2 is 1.95 bits per heavy atom. The van der Waals surface area contributed by atoms with Gasteiger partial charge in [-0.15, -0.1) is 0 Å². The zero-order chi connectivity index (χ0) is 26.7. The SMILES string of the molecule is C=C(C)N1CC(=O)N2[C@@H](CC(=O)O)C(=O)N(Cc3ccco3)C[C@@H]2N1C(=O)NCc1ccc(OC)cc1. The quantitative estimate of drug-likeness (QED) is 0.546. The third-order valence-electron chi connectivity index (χ3n) is 6.30. The van der Waals surface area contributed by atoms with Crippen LogP contribution in [0.5, 0.6) is 5.75 Å². The summed E-state index contributed by atoms with van der Waals surface area (Å²) in [4.78, 5) is 54.3. The van der Waals surface area contributed by atoms with E-state index in [1.165, 1.54) is 26.1 Å². The third kappa shape index (κ3) is 5.37. The summed E-state index contributed by atoms with van der Waals surface area (Å²) in [5, 5.41) is 15.2. The zero-order valence-corrected chi connectivity index (χ0v) is 20.6. The van der Waals surface area contributed by atoms with Crippen molar-refractivity contribution in [1.82, 2.24) is 25.1 Å². The molecule has 2 aliphatic heterocycles. The summed E-state index contributed by atoms with van der Waals surface area (Å²) in [6.45, 7) is 5.53. The third-order valence-corrected chi connectivity index (χ3v) is 6.30. The molecular formula is C25H29N5O7. The number of nitrogens with zero attached hydrogens (tertiary/aromatic N) is 4. The summed E-state index contributed by atoms with van der Waals surface area (Å²) >= 11 is 0. The van der Waals surface area contributed by atoms with Crippen LogP contribution >= 0.6 is 0 Å². The van der Waals surface area contributed by atoms with Crippen molar-refractivity contribution >= 4 is 23.8 Å². The first-order chi connectivity index (χ1) is 17.7. The van der Waals surface area contributed by atoms with Gasteiger partial charge in [-0.1, -0.05) is 18.7 Å². The van der Waals surface area contributed by atoms with E-state index in [9.17, 15) is 24.3 Å². The summed E-state index contributed by atoms with van der Waals surface area (Å²) < 4.78 is 10.5. The van der Waals surface area contributed by atoms with Crippen LogP contribution in [0, 0.1) is 0 Å². The van der Waals surface area contributed by atoms with E-state index >= 15 is 0 Å².